The average molecular weight is 289 g/mol. The van der Waals surface area contributed by atoms with Crippen LogP contribution in [0.1, 0.15) is 15.9 Å². The summed E-state index contributed by atoms with van der Waals surface area (Å²) in [6, 6.07) is 11.2. The first-order valence-corrected chi connectivity index (χ1v) is 6.56. The molecule has 0 aliphatic carbocycles. The van der Waals surface area contributed by atoms with Gasteiger partial charge in [0.15, 0.2) is 0 Å². The predicted molar refractivity (Wildman–Crippen MR) is 75.4 cm³/mol. The number of carboxylic acids is 1. The van der Waals surface area contributed by atoms with Crippen molar-refractivity contribution in [1.82, 2.24) is 0 Å². The highest BCUT2D eigenvalue weighted by molar-refractivity contribution is 7.99. The molecule has 0 fully saturated rings. The number of aromatic carboxylic acids is 1. The van der Waals surface area contributed by atoms with Crippen molar-refractivity contribution in [1.29, 1.82) is 0 Å². The SMILES string of the molecule is Cc1ccccc1Sc1cc([N+](=O)[O-])ccc1C(=O)O. The molecule has 5 nitrogen and oxygen atoms in total. The average Bonchev–Trinajstić information content (AvgIpc) is 2.41. The molecule has 102 valence electrons. The van der Waals surface area contributed by atoms with Gasteiger partial charge in [0.1, 0.15) is 0 Å². The first-order valence-electron chi connectivity index (χ1n) is 5.74. The van der Waals surface area contributed by atoms with E-state index in [4.69, 9.17) is 5.11 Å². The molecule has 0 saturated heterocycles. The normalized spacial score (nSPS) is 10.2. The van der Waals surface area contributed by atoms with E-state index in [1.165, 1.54) is 30.0 Å². The monoisotopic (exact) mass is 289 g/mol. The van der Waals surface area contributed by atoms with Crippen molar-refractivity contribution in [3.05, 3.63) is 63.7 Å². The Morgan fingerprint density at radius 1 is 1.20 bits per heavy atom. The van der Waals surface area contributed by atoms with Crippen molar-refractivity contribution in [2.45, 2.75) is 16.7 Å². The molecule has 1 N–H and O–H groups in total. The molecule has 0 bridgehead atoms. The Hall–Kier alpha value is -2.34. The minimum absolute atomic E-state index is 0.0591. The Kier molecular flexibility index (Phi) is 4.05. The molecular weight excluding hydrogens is 278 g/mol. The Morgan fingerprint density at radius 3 is 2.50 bits per heavy atom. The number of carbonyl (C=O) groups is 1. The standard InChI is InChI=1S/C14H11NO4S/c1-9-4-2-3-5-12(9)20-13-8-10(15(18)19)6-7-11(13)14(16)17/h2-8H,1H3,(H,16,17). The van der Waals surface area contributed by atoms with Gasteiger partial charge in [0.05, 0.1) is 10.5 Å². The van der Waals surface area contributed by atoms with Crippen LogP contribution < -0.4 is 0 Å². The number of nitrogens with zero attached hydrogens (tertiary/aromatic N) is 1. The van der Waals surface area contributed by atoms with Crippen LogP contribution in [-0.2, 0) is 0 Å². The molecule has 0 atom stereocenters. The van der Waals surface area contributed by atoms with Crippen LogP contribution in [0.4, 0.5) is 5.69 Å². The molecule has 0 unspecified atom stereocenters. The van der Waals surface area contributed by atoms with Crippen LogP contribution in [0.5, 0.6) is 0 Å². The molecule has 0 amide bonds. The highest BCUT2D eigenvalue weighted by Gasteiger charge is 2.16. The summed E-state index contributed by atoms with van der Waals surface area (Å²) in [4.78, 5) is 22.7. The van der Waals surface area contributed by atoms with Crippen LogP contribution in [0, 0.1) is 17.0 Å². The Balaban J connectivity index is 2.48. The number of rotatable bonds is 4. The smallest absolute Gasteiger partial charge is 0.336 e. The zero-order chi connectivity index (χ0) is 14.7. The molecule has 0 radical (unpaired) electrons. The van der Waals surface area contributed by atoms with Crippen LogP contribution >= 0.6 is 11.8 Å². The minimum atomic E-state index is -1.10. The number of carboxylic acid groups (broad SMARTS) is 1. The summed E-state index contributed by atoms with van der Waals surface area (Å²) >= 11 is 1.22. The molecule has 0 heterocycles. The Morgan fingerprint density at radius 2 is 1.90 bits per heavy atom. The van der Waals surface area contributed by atoms with Gasteiger partial charge in [0, 0.05) is 21.9 Å². The molecule has 0 spiro atoms. The van der Waals surface area contributed by atoms with Crippen molar-refractivity contribution >= 4 is 23.4 Å². The third-order valence-electron chi connectivity index (χ3n) is 2.72. The van der Waals surface area contributed by atoms with E-state index >= 15 is 0 Å². The van der Waals surface area contributed by atoms with Crippen molar-refractivity contribution < 1.29 is 14.8 Å². The van der Waals surface area contributed by atoms with E-state index in [0.29, 0.717) is 4.90 Å². The number of aryl methyl sites for hydroxylation is 1. The second kappa shape index (κ2) is 5.75. The number of hydrogen-bond donors (Lipinski definition) is 1. The molecule has 2 aromatic carbocycles. The lowest BCUT2D eigenvalue weighted by Crippen LogP contribution is -2.00. The number of benzene rings is 2. The topological polar surface area (TPSA) is 80.4 Å². The van der Waals surface area contributed by atoms with Crippen LogP contribution in [0.15, 0.2) is 52.3 Å². The zero-order valence-electron chi connectivity index (χ0n) is 10.6. The lowest BCUT2D eigenvalue weighted by molar-refractivity contribution is -0.385. The van der Waals surface area contributed by atoms with Crippen LogP contribution in [0.25, 0.3) is 0 Å². The van der Waals surface area contributed by atoms with E-state index in [0.717, 1.165) is 10.5 Å². The number of nitro groups is 1. The minimum Gasteiger partial charge on any atom is -0.478 e. The molecule has 0 aliphatic rings. The summed E-state index contributed by atoms with van der Waals surface area (Å²) in [6.07, 6.45) is 0. The summed E-state index contributed by atoms with van der Waals surface area (Å²) in [5.74, 6) is -1.10. The second-order valence-electron chi connectivity index (χ2n) is 4.11. The fourth-order valence-corrected chi connectivity index (χ4v) is 2.73. The summed E-state index contributed by atoms with van der Waals surface area (Å²) in [5, 5.41) is 20.0. The molecular formula is C14H11NO4S. The maximum atomic E-state index is 11.2. The molecule has 2 rings (SSSR count). The van der Waals surface area contributed by atoms with Gasteiger partial charge in [-0.25, -0.2) is 4.79 Å². The van der Waals surface area contributed by atoms with Crippen LogP contribution in [-0.4, -0.2) is 16.0 Å². The van der Waals surface area contributed by atoms with Crippen LogP contribution in [0.2, 0.25) is 0 Å². The van der Waals surface area contributed by atoms with Gasteiger partial charge in [-0.15, -0.1) is 0 Å². The fourth-order valence-electron chi connectivity index (χ4n) is 1.68. The molecule has 2 aromatic rings. The molecule has 0 saturated carbocycles. The first-order chi connectivity index (χ1) is 9.49. The maximum absolute atomic E-state index is 11.2. The lowest BCUT2D eigenvalue weighted by Gasteiger charge is -2.08. The van der Waals surface area contributed by atoms with Crippen molar-refractivity contribution in [3.8, 4) is 0 Å². The summed E-state index contributed by atoms with van der Waals surface area (Å²) in [7, 11) is 0. The maximum Gasteiger partial charge on any atom is 0.336 e. The van der Waals surface area contributed by atoms with E-state index in [9.17, 15) is 14.9 Å². The third-order valence-corrected chi connectivity index (χ3v) is 3.96. The van der Waals surface area contributed by atoms with Gasteiger partial charge in [-0.3, -0.25) is 10.1 Å². The molecule has 0 aromatic heterocycles. The highest BCUT2D eigenvalue weighted by Crippen LogP contribution is 2.34. The van der Waals surface area contributed by atoms with E-state index in [2.05, 4.69) is 0 Å². The van der Waals surface area contributed by atoms with Crippen molar-refractivity contribution in [2.24, 2.45) is 0 Å². The lowest BCUT2D eigenvalue weighted by atomic mass is 10.2. The number of hydrogen-bond acceptors (Lipinski definition) is 4. The van der Waals surface area contributed by atoms with E-state index in [1.807, 2.05) is 31.2 Å². The summed E-state index contributed by atoms with van der Waals surface area (Å²) in [6.45, 7) is 1.90. The quantitative estimate of drug-likeness (QED) is 0.684. The number of nitro benzene ring substituents is 1. The Bertz CT molecular complexity index is 685. The molecule has 20 heavy (non-hydrogen) atoms. The van der Waals surface area contributed by atoms with E-state index < -0.39 is 10.9 Å². The second-order valence-corrected chi connectivity index (χ2v) is 5.19. The zero-order valence-corrected chi connectivity index (χ0v) is 11.4. The van der Waals surface area contributed by atoms with Crippen LogP contribution in [0.3, 0.4) is 0 Å². The predicted octanol–water partition coefficient (Wildman–Crippen LogP) is 3.75. The fraction of sp³-hybridized carbons (Fsp3) is 0.0714. The van der Waals surface area contributed by atoms with Crippen molar-refractivity contribution in [3.63, 3.8) is 0 Å². The first kappa shape index (κ1) is 14.1. The summed E-state index contributed by atoms with van der Waals surface area (Å²) in [5.41, 5.74) is 0.926. The third kappa shape index (κ3) is 2.97. The van der Waals surface area contributed by atoms with Gasteiger partial charge in [-0.1, -0.05) is 30.0 Å². The van der Waals surface area contributed by atoms with Gasteiger partial charge in [-0.2, -0.15) is 0 Å². The molecule has 0 aliphatic heterocycles. The highest BCUT2D eigenvalue weighted by atomic mass is 32.2. The largest absolute Gasteiger partial charge is 0.478 e. The van der Waals surface area contributed by atoms with Crippen molar-refractivity contribution in [2.75, 3.05) is 0 Å². The van der Waals surface area contributed by atoms with E-state index in [-0.39, 0.29) is 11.3 Å². The van der Waals surface area contributed by atoms with Gasteiger partial charge in [0.25, 0.3) is 5.69 Å². The van der Waals surface area contributed by atoms with Gasteiger partial charge in [-0.05, 0) is 24.6 Å². The number of non-ortho nitro benzene ring substituents is 1. The Labute approximate surface area is 119 Å². The van der Waals surface area contributed by atoms with Gasteiger partial charge < -0.3 is 5.11 Å². The molecule has 6 heteroatoms. The van der Waals surface area contributed by atoms with E-state index in [1.54, 1.807) is 0 Å². The van der Waals surface area contributed by atoms with Gasteiger partial charge in [0.2, 0.25) is 0 Å². The summed E-state index contributed by atoms with van der Waals surface area (Å²) < 4.78 is 0. The van der Waals surface area contributed by atoms with Gasteiger partial charge >= 0.3 is 5.97 Å².